The average molecular weight is 223 g/mol. The van der Waals surface area contributed by atoms with Gasteiger partial charge < -0.3 is 19.8 Å². The van der Waals surface area contributed by atoms with E-state index in [0.717, 1.165) is 11.1 Å². The van der Waals surface area contributed by atoms with Crippen molar-refractivity contribution in [3.63, 3.8) is 0 Å². The average Bonchev–Trinajstić information content (AvgIpc) is 2.28. The lowest BCUT2D eigenvalue weighted by atomic mass is 9.97. The zero-order valence-electron chi connectivity index (χ0n) is 8.88. The molecule has 0 aliphatic carbocycles. The zero-order valence-corrected chi connectivity index (χ0v) is 8.88. The second-order valence-corrected chi connectivity index (χ2v) is 3.74. The van der Waals surface area contributed by atoms with Crippen LogP contribution in [-0.2, 0) is 6.54 Å². The molecule has 1 amide bonds. The van der Waals surface area contributed by atoms with Crippen LogP contribution in [0, 0.1) is 0 Å². The van der Waals surface area contributed by atoms with Gasteiger partial charge in [0, 0.05) is 6.54 Å². The highest BCUT2D eigenvalue weighted by atomic mass is 16.5. The fraction of sp³-hybridized carbons (Fsp3) is 0.364. The summed E-state index contributed by atoms with van der Waals surface area (Å²) in [4.78, 5) is 12.0. The zero-order chi connectivity index (χ0) is 11.7. The molecule has 0 radical (unpaired) electrons. The predicted molar refractivity (Wildman–Crippen MR) is 56.4 cm³/mol. The number of hydrogen-bond acceptors (Lipinski definition) is 3. The van der Waals surface area contributed by atoms with Crippen molar-refractivity contribution in [2.45, 2.75) is 12.6 Å². The molecular formula is C11H13NO4. The van der Waals surface area contributed by atoms with E-state index in [1.807, 2.05) is 0 Å². The maximum absolute atomic E-state index is 10.8. The fourth-order valence-corrected chi connectivity index (χ4v) is 1.88. The van der Waals surface area contributed by atoms with Gasteiger partial charge >= 0.3 is 6.09 Å². The molecule has 1 aliphatic heterocycles. The molecule has 86 valence electrons. The molecule has 0 spiro atoms. The summed E-state index contributed by atoms with van der Waals surface area (Å²) in [6.45, 7) is 0.418. The summed E-state index contributed by atoms with van der Waals surface area (Å²) in [7, 11) is 1.56. The predicted octanol–water partition coefficient (Wildman–Crippen LogP) is 1.22. The highest BCUT2D eigenvalue weighted by Crippen LogP contribution is 2.29. The first kappa shape index (κ1) is 10.8. The molecule has 0 fully saturated rings. The maximum Gasteiger partial charge on any atom is 0.407 e. The summed E-state index contributed by atoms with van der Waals surface area (Å²) >= 11 is 0. The number of hydrogen-bond donors (Lipinski definition) is 2. The minimum absolute atomic E-state index is 0.107. The Morgan fingerprint density at radius 2 is 2.31 bits per heavy atom. The lowest BCUT2D eigenvalue weighted by Crippen LogP contribution is -2.37. The van der Waals surface area contributed by atoms with E-state index in [4.69, 9.17) is 9.84 Å². The van der Waals surface area contributed by atoms with Gasteiger partial charge in [0.2, 0.25) is 0 Å². The normalized spacial score (nSPS) is 19.1. The molecule has 5 heteroatoms. The second kappa shape index (κ2) is 4.02. The Kier molecular flexibility index (Phi) is 2.70. The lowest BCUT2D eigenvalue weighted by molar-refractivity contribution is 0.0817. The van der Waals surface area contributed by atoms with Gasteiger partial charge in [-0.25, -0.2) is 4.79 Å². The van der Waals surface area contributed by atoms with E-state index < -0.39 is 12.2 Å². The summed E-state index contributed by atoms with van der Waals surface area (Å²) in [5.41, 5.74) is 1.57. The molecule has 1 aromatic rings. The molecule has 5 nitrogen and oxygen atoms in total. The molecule has 16 heavy (non-hydrogen) atoms. The molecule has 1 aromatic carbocycles. The number of benzene rings is 1. The molecule has 1 heterocycles. The van der Waals surface area contributed by atoms with E-state index in [1.165, 1.54) is 4.90 Å². The Balaban J connectivity index is 2.34. The van der Waals surface area contributed by atoms with Crippen molar-refractivity contribution in [3.8, 4) is 5.75 Å². The lowest BCUT2D eigenvalue weighted by Gasteiger charge is -2.30. The first-order valence-electron chi connectivity index (χ1n) is 4.94. The monoisotopic (exact) mass is 223 g/mol. The Morgan fingerprint density at radius 1 is 1.56 bits per heavy atom. The van der Waals surface area contributed by atoms with E-state index in [9.17, 15) is 9.90 Å². The summed E-state index contributed by atoms with van der Waals surface area (Å²) in [6, 6.07) is 5.29. The minimum atomic E-state index is -1.01. The third-order valence-corrected chi connectivity index (χ3v) is 2.74. The molecule has 0 aromatic heterocycles. The van der Waals surface area contributed by atoms with Gasteiger partial charge in [0.25, 0.3) is 0 Å². The van der Waals surface area contributed by atoms with Crippen molar-refractivity contribution >= 4 is 6.09 Å². The third kappa shape index (κ3) is 1.81. The number of amides is 1. The summed E-state index contributed by atoms with van der Waals surface area (Å²) in [6.07, 6.45) is -1.80. The van der Waals surface area contributed by atoms with Crippen LogP contribution in [0.1, 0.15) is 17.2 Å². The molecule has 1 atom stereocenters. The maximum atomic E-state index is 10.8. The molecule has 0 saturated heterocycles. The van der Waals surface area contributed by atoms with Gasteiger partial charge in [0.1, 0.15) is 5.75 Å². The van der Waals surface area contributed by atoms with Crippen molar-refractivity contribution in [2.24, 2.45) is 0 Å². The van der Waals surface area contributed by atoms with Gasteiger partial charge in [-0.1, -0.05) is 6.07 Å². The summed E-state index contributed by atoms with van der Waals surface area (Å²) < 4.78 is 5.06. The van der Waals surface area contributed by atoms with Gasteiger partial charge in [-0.2, -0.15) is 0 Å². The number of carbonyl (C=O) groups is 1. The van der Waals surface area contributed by atoms with Crippen LogP contribution in [0.3, 0.4) is 0 Å². The van der Waals surface area contributed by atoms with Crippen LogP contribution in [0.2, 0.25) is 0 Å². The van der Waals surface area contributed by atoms with Crippen molar-refractivity contribution in [1.82, 2.24) is 4.90 Å². The van der Waals surface area contributed by atoms with Gasteiger partial charge in [0.05, 0.1) is 19.8 Å². The highest BCUT2D eigenvalue weighted by molar-refractivity contribution is 5.65. The van der Waals surface area contributed by atoms with Crippen molar-refractivity contribution in [3.05, 3.63) is 29.3 Å². The first-order valence-corrected chi connectivity index (χ1v) is 4.94. The molecule has 2 N–H and O–H groups in total. The van der Waals surface area contributed by atoms with E-state index in [-0.39, 0.29) is 6.54 Å². The number of carboxylic acid groups (broad SMARTS) is 1. The summed E-state index contributed by atoms with van der Waals surface area (Å²) in [5, 5.41) is 18.7. The molecule has 0 bridgehead atoms. The highest BCUT2D eigenvalue weighted by Gasteiger charge is 2.26. The Hall–Kier alpha value is -1.75. The van der Waals surface area contributed by atoms with E-state index in [0.29, 0.717) is 12.3 Å². The molecule has 1 unspecified atom stereocenters. The van der Waals surface area contributed by atoms with Crippen LogP contribution < -0.4 is 4.74 Å². The van der Waals surface area contributed by atoms with E-state index in [2.05, 4.69) is 0 Å². The van der Waals surface area contributed by atoms with Gasteiger partial charge in [-0.05, 0) is 23.3 Å². The smallest absolute Gasteiger partial charge is 0.407 e. The minimum Gasteiger partial charge on any atom is -0.497 e. The largest absolute Gasteiger partial charge is 0.497 e. The Morgan fingerprint density at radius 3 is 2.94 bits per heavy atom. The van der Waals surface area contributed by atoms with E-state index >= 15 is 0 Å². The second-order valence-electron chi connectivity index (χ2n) is 3.74. The number of fused-ring (bicyclic) bond motifs is 1. The standard InChI is InChI=1S/C11H13NO4/c1-16-8-3-2-7-5-12(11(14)15)6-10(13)9(7)4-8/h2-4,10,13H,5-6H2,1H3,(H,14,15). The van der Waals surface area contributed by atoms with Crippen molar-refractivity contribution in [2.75, 3.05) is 13.7 Å². The van der Waals surface area contributed by atoms with Crippen LogP contribution >= 0.6 is 0 Å². The molecule has 0 saturated carbocycles. The summed E-state index contributed by atoms with van der Waals surface area (Å²) in [5.74, 6) is 0.668. The number of aliphatic hydroxyl groups excluding tert-OH is 1. The number of aliphatic hydroxyl groups is 1. The van der Waals surface area contributed by atoms with Gasteiger partial charge in [-0.15, -0.1) is 0 Å². The quantitative estimate of drug-likeness (QED) is 0.751. The number of nitrogens with zero attached hydrogens (tertiary/aromatic N) is 1. The van der Waals surface area contributed by atoms with Crippen LogP contribution in [0.4, 0.5) is 4.79 Å². The number of β-amino-alcohol motifs (C(OH)–C–C–N with tert-alkyl or cyclic N) is 1. The van der Waals surface area contributed by atoms with Crippen LogP contribution in [-0.4, -0.2) is 34.9 Å². The van der Waals surface area contributed by atoms with Crippen molar-refractivity contribution < 1.29 is 19.7 Å². The first-order chi connectivity index (χ1) is 7.61. The number of ether oxygens (including phenoxy) is 1. The topological polar surface area (TPSA) is 70.0 Å². The van der Waals surface area contributed by atoms with Crippen LogP contribution in [0.5, 0.6) is 5.75 Å². The SMILES string of the molecule is COc1ccc2c(c1)C(O)CN(C(=O)O)C2. The molecular weight excluding hydrogens is 210 g/mol. The number of rotatable bonds is 1. The Bertz CT molecular complexity index is 418. The van der Waals surface area contributed by atoms with Gasteiger partial charge in [-0.3, -0.25) is 0 Å². The van der Waals surface area contributed by atoms with E-state index in [1.54, 1.807) is 25.3 Å². The van der Waals surface area contributed by atoms with Crippen LogP contribution in [0.15, 0.2) is 18.2 Å². The fourth-order valence-electron chi connectivity index (χ4n) is 1.88. The van der Waals surface area contributed by atoms with Crippen molar-refractivity contribution in [1.29, 1.82) is 0 Å². The molecule has 2 rings (SSSR count). The molecule has 1 aliphatic rings. The number of methoxy groups -OCH3 is 1. The Labute approximate surface area is 92.9 Å². The third-order valence-electron chi connectivity index (χ3n) is 2.74. The van der Waals surface area contributed by atoms with Gasteiger partial charge in [0.15, 0.2) is 0 Å². The van der Waals surface area contributed by atoms with Crippen LogP contribution in [0.25, 0.3) is 0 Å².